The number of aromatic nitrogens is 1. The Hall–Kier alpha value is -1.70. The van der Waals surface area contributed by atoms with Gasteiger partial charge in [0.1, 0.15) is 5.75 Å². The third kappa shape index (κ3) is 2.11. The zero-order chi connectivity index (χ0) is 11.4. The zero-order valence-electron chi connectivity index (χ0n) is 9.65. The molecule has 1 aromatic carbocycles. The van der Waals surface area contributed by atoms with Crippen molar-refractivity contribution in [1.82, 2.24) is 4.57 Å². The van der Waals surface area contributed by atoms with Gasteiger partial charge in [-0.05, 0) is 37.6 Å². The molecule has 0 aliphatic rings. The highest BCUT2D eigenvalue weighted by Crippen LogP contribution is 2.22. The van der Waals surface area contributed by atoms with Crippen LogP contribution in [0.1, 0.15) is 13.3 Å². The van der Waals surface area contributed by atoms with E-state index in [0.29, 0.717) is 6.61 Å². The molecule has 16 heavy (non-hydrogen) atoms. The Morgan fingerprint density at radius 1 is 1.38 bits per heavy atom. The van der Waals surface area contributed by atoms with Gasteiger partial charge in [-0.15, -0.1) is 6.58 Å². The minimum Gasteiger partial charge on any atom is -0.494 e. The van der Waals surface area contributed by atoms with E-state index in [2.05, 4.69) is 35.5 Å². The van der Waals surface area contributed by atoms with E-state index in [1.54, 1.807) is 0 Å². The van der Waals surface area contributed by atoms with Crippen LogP contribution in [-0.4, -0.2) is 11.2 Å². The van der Waals surface area contributed by atoms with Crippen molar-refractivity contribution in [2.24, 2.45) is 0 Å². The summed E-state index contributed by atoms with van der Waals surface area (Å²) >= 11 is 0. The van der Waals surface area contributed by atoms with E-state index >= 15 is 0 Å². The summed E-state index contributed by atoms with van der Waals surface area (Å²) < 4.78 is 7.72. The number of hydrogen-bond acceptors (Lipinski definition) is 1. The van der Waals surface area contributed by atoms with Crippen LogP contribution in [0.4, 0.5) is 0 Å². The number of benzene rings is 1. The molecule has 0 atom stereocenters. The van der Waals surface area contributed by atoms with E-state index < -0.39 is 0 Å². The predicted molar refractivity (Wildman–Crippen MR) is 67.9 cm³/mol. The number of allylic oxidation sites excluding steroid dienone is 1. The molecular formula is C14H17NO. The fourth-order valence-corrected chi connectivity index (χ4v) is 1.86. The van der Waals surface area contributed by atoms with E-state index in [-0.39, 0.29) is 0 Å². The van der Waals surface area contributed by atoms with Gasteiger partial charge in [0, 0.05) is 23.6 Å². The van der Waals surface area contributed by atoms with Gasteiger partial charge in [-0.25, -0.2) is 0 Å². The molecule has 2 rings (SSSR count). The SMILES string of the molecule is C=CCCn1ccc2cc(OCC)ccc21. The molecule has 0 N–H and O–H groups in total. The number of aryl methyl sites for hydroxylation is 1. The van der Waals surface area contributed by atoms with Gasteiger partial charge < -0.3 is 9.30 Å². The summed E-state index contributed by atoms with van der Waals surface area (Å²) in [6.45, 7) is 7.44. The number of rotatable bonds is 5. The molecule has 2 heteroatoms. The monoisotopic (exact) mass is 215 g/mol. The first kappa shape index (κ1) is 10.8. The summed E-state index contributed by atoms with van der Waals surface area (Å²) in [5.41, 5.74) is 1.25. The fourth-order valence-electron chi connectivity index (χ4n) is 1.86. The third-order valence-electron chi connectivity index (χ3n) is 2.63. The molecule has 0 radical (unpaired) electrons. The van der Waals surface area contributed by atoms with E-state index in [4.69, 9.17) is 4.74 Å². The van der Waals surface area contributed by atoms with E-state index in [0.717, 1.165) is 18.7 Å². The largest absolute Gasteiger partial charge is 0.494 e. The van der Waals surface area contributed by atoms with Crippen LogP contribution in [0.5, 0.6) is 5.75 Å². The van der Waals surface area contributed by atoms with Crippen molar-refractivity contribution in [1.29, 1.82) is 0 Å². The fraction of sp³-hybridized carbons (Fsp3) is 0.286. The molecule has 0 aliphatic carbocycles. The normalized spacial score (nSPS) is 10.6. The maximum atomic E-state index is 5.48. The van der Waals surface area contributed by atoms with Crippen LogP contribution >= 0.6 is 0 Å². The smallest absolute Gasteiger partial charge is 0.120 e. The molecule has 84 valence electrons. The third-order valence-corrected chi connectivity index (χ3v) is 2.63. The van der Waals surface area contributed by atoms with Crippen LogP contribution in [0, 0.1) is 0 Å². The zero-order valence-corrected chi connectivity index (χ0v) is 9.65. The molecule has 0 fully saturated rings. The van der Waals surface area contributed by atoms with Crippen LogP contribution in [0.25, 0.3) is 10.9 Å². The molecular weight excluding hydrogens is 198 g/mol. The van der Waals surface area contributed by atoms with Crippen molar-refractivity contribution in [2.45, 2.75) is 19.9 Å². The summed E-state index contributed by atoms with van der Waals surface area (Å²) in [5, 5.41) is 1.23. The lowest BCUT2D eigenvalue weighted by Gasteiger charge is -2.05. The van der Waals surface area contributed by atoms with Gasteiger partial charge >= 0.3 is 0 Å². The van der Waals surface area contributed by atoms with Gasteiger partial charge in [-0.1, -0.05) is 6.08 Å². The summed E-state index contributed by atoms with van der Waals surface area (Å²) in [6.07, 6.45) is 5.06. The van der Waals surface area contributed by atoms with Gasteiger partial charge in [0.15, 0.2) is 0 Å². The molecule has 1 heterocycles. The Labute approximate surface area is 96.1 Å². The topological polar surface area (TPSA) is 14.2 Å². The lowest BCUT2D eigenvalue weighted by Crippen LogP contribution is -1.95. The Morgan fingerprint density at radius 3 is 3.00 bits per heavy atom. The summed E-state index contributed by atoms with van der Waals surface area (Å²) in [5.74, 6) is 0.941. The lowest BCUT2D eigenvalue weighted by atomic mass is 10.2. The molecule has 0 saturated heterocycles. The van der Waals surface area contributed by atoms with Gasteiger partial charge in [0.25, 0.3) is 0 Å². The van der Waals surface area contributed by atoms with Crippen molar-refractivity contribution in [3.05, 3.63) is 43.1 Å². The first-order valence-electron chi connectivity index (χ1n) is 5.67. The maximum Gasteiger partial charge on any atom is 0.120 e. The Morgan fingerprint density at radius 2 is 2.25 bits per heavy atom. The summed E-state index contributed by atoms with van der Waals surface area (Å²) in [4.78, 5) is 0. The van der Waals surface area contributed by atoms with Crippen molar-refractivity contribution in [2.75, 3.05) is 6.61 Å². The average molecular weight is 215 g/mol. The van der Waals surface area contributed by atoms with Gasteiger partial charge in [0.05, 0.1) is 6.61 Å². The molecule has 2 nitrogen and oxygen atoms in total. The van der Waals surface area contributed by atoms with Crippen LogP contribution in [0.3, 0.4) is 0 Å². The quantitative estimate of drug-likeness (QED) is 0.695. The highest BCUT2D eigenvalue weighted by molar-refractivity contribution is 5.81. The van der Waals surface area contributed by atoms with Gasteiger partial charge in [-0.3, -0.25) is 0 Å². The van der Waals surface area contributed by atoms with Crippen molar-refractivity contribution >= 4 is 10.9 Å². The number of ether oxygens (including phenoxy) is 1. The highest BCUT2D eigenvalue weighted by atomic mass is 16.5. The van der Waals surface area contributed by atoms with Crippen LogP contribution in [-0.2, 0) is 6.54 Å². The molecule has 2 aromatic rings. The van der Waals surface area contributed by atoms with E-state index in [1.807, 2.05) is 19.1 Å². The summed E-state index contributed by atoms with van der Waals surface area (Å²) in [6, 6.07) is 8.35. The maximum absolute atomic E-state index is 5.48. The Bertz CT molecular complexity index is 484. The Balaban J connectivity index is 2.30. The minimum absolute atomic E-state index is 0.711. The van der Waals surface area contributed by atoms with Crippen molar-refractivity contribution < 1.29 is 4.74 Å². The Kier molecular flexibility index (Phi) is 3.30. The molecule has 0 amide bonds. The second-order valence-corrected chi connectivity index (χ2v) is 3.74. The van der Waals surface area contributed by atoms with Crippen molar-refractivity contribution in [3.63, 3.8) is 0 Å². The van der Waals surface area contributed by atoms with E-state index in [9.17, 15) is 0 Å². The predicted octanol–water partition coefficient (Wildman–Crippen LogP) is 3.62. The van der Waals surface area contributed by atoms with Crippen LogP contribution < -0.4 is 4.74 Å². The lowest BCUT2D eigenvalue weighted by molar-refractivity contribution is 0.340. The number of fused-ring (bicyclic) bond motifs is 1. The van der Waals surface area contributed by atoms with E-state index in [1.165, 1.54) is 10.9 Å². The molecule has 1 aromatic heterocycles. The molecule has 0 saturated carbocycles. The molecule has 0 bridgehead atoms. The highest BCUT2D eigenvalue weighted by Gasteiger charge is 2.01. The first-order valence-corrected chi connectivity index (χ1v) is 5.67. The number of nitrogens with zero attached hydrogens (tertiary/aromatic N) is 1. The molecule has 0 unspecified atom stereocenters. The average Bonchev–Trinajstić information content (AvgIpc) is 2.69. The van der Waals surface area contributed by atoms with Crippen LogP contribution in [0.2, 0.25) is 0 Å². The number of hydrogen-bond donors (Lipinski definition) is 0. The second-order valence-electron chi connectivity index (χ2n) is 3.74. The minimum atomic E-state index is 0.711. The van der Waals surface area contributed by atoms with Crippen LogP contribution in [0.15, 0.2) is 43.1 Å². The second kappa shape index (κ2) is 4.88. The van der Waals surface area contributed by atoms with Gasteiger partial charge in [-0.2, -0.15) is 0 Å². The van der Waals surface area contributed by atoms with Crippen molar-refractivity contribution in [3.8, 4) is 5.75 Å². The first-order chi connectivity index (χ1) is 7.85. The molecule has 0 spiro atoms. The molecule has 0 aliphatic heterocycles. The standard InChI is InChI=1S/C14H17NO/c1-3-5-9-15-10-8-12-11-13(16-4-2)6-7-14(12)15/h3,6-8,10-11H,1,4-5,9H2,2H3. The summed E-state index contributed by atoms with van der Waals surface area (Å²) in [7, 11) is 0. The van der Waals surface area contributed by atoms with Gasteiger partial charge in [0.2, 0.25) is 0 Å².